The molecule has 0 aliphatic carbocycles. The first kappa shape index (κ1) is 18.3. The predicted octanol–water partition coefficient (Wildman–Crippen LogP) is 4.82. The van der Waals surface area contributed by atoms with E-state index in [4.69, 9.17) is 16.3 Å². The van der Waals surface area contributed by atoms with Crippen LogP contribution in [0.25, 0.3) is 0 Å². The lowest BCUT2D eigenvalue weighted by atomic mass is 10.2. The van der Waals surface area contributed by atoms with E-state index in [2.05, 4.69) is 10.3 Å². The van der Waals surface area contributed by atoms with Crippen LogP contribution < -0.4 is 10.1 Å². The minimum absolute atomic E-state index is 0.0466. The Hall–Kier alpha value is -3.05. The molecular formula is C22H20ClN3O2. The van der Waals surface area contributed by atoms with E-state index in [1.54, 1.807) is 24.3 Å². The van der Waals surface area contributed by atoms with Gasteiger partial charge in [-0.3, -0.25) is 9.78 Å². The highest BCUT2D eigenvalue weighted by Crippen LogP contribution is 2.35. The number of carbonyl (C=O) groups is 1. The number of halogens is 1. The Balaban J connectivity index is 1.66. The van der Waals surface area contributed by atoms with Crippen LogP contribution in [0.3, 0.4) is 0 Å². The van der Waals surface area contributed by atoms with Crippen molar-refractivity contribution in [2.45, 2.75) is 19.6 Å². The van der Waals surface area contributed by atoms with Crippen molar-refractivity contribution in [2.75, 3.05) is 12.4 Å². The molecule has 0 spiro atoms. The van der Waals surface area contributed by atoms with Gasteiger partial charge in [0.15, 0.2) is 0 Å². The number of anilines is 1. The molecule has 6 heteroatoms. The number of ether oxygens (including phenoxy) is 1. The number of nitrogens with one attached hydrogen (secondary N) is 1. The maximum atomic E-state index is 13.0. The molecule has 0 saturated heterocycles. The fourth-order valence-electron chi connectivity index (χ4n) is 3.31. The molecule has 0 saturated carbocycles. The molecule has 5 nitrogen and oxygen atoms in total. The number of methoxy groups -OCH3 is 1. The molecule has 28 heavy (non-hydrogen) atoms. The number of hydrogen-bond donors (Lipinski definition) is 1. The number of pyridine rings is 1. The van der Waals surface area contributed by atoms with Crippen LogP contribution in [0.15, 0.2) is 60.8 Å². The van der Waals surface area contributed by atoms with Gasteiger partial charge in [-0.15, -0.1) is 0 Å². The van der Waals surface area contributed by atoms with E-state index < -0.39 is 0 Å². The summed E-state index contributed by atoms with van der Waals surface area (Å²) in [6.45, 7) is 2.41. The molecule has 0 fully saturated rings. The van der Waals surface area contributed by atoms with Gasteiger partial charge in [-0.05, 0) is 54.4 Å². The lowest BCUT2D eigenvalue weighted by Gasteiger charge is -2.27. The zero-order valence-electron chi connectivity index (χ0n) is 15.6. The number of benzene rings is 2. The Morgan fingerprint density at radius 3 is 2.68 bits per heavy atom. The van der Waals surface area contributed by atoms with Crippen molar-refractivity contribution in [3.05, 3.63) is 88.2 Å². The smallest absolute Gasteiger partial charge is 0.258 e. The Kier molecular flexibility index (Phi) is 4.92. The van der Waals surface area contributed by atoms with E-state index in [0.29, 0.717) is 17.1 Å². The van der Waals surface area contributed by atoms with E-state index in [1.165, 1.54) is 0 Å². The minimum Gasteiger partial charge on any atom is -0.497 e. The summed E-state index contributed by atoms with van der Waals surface area (Å²) in [7, 11) is 1.63. The molecule has 3 aromatic rings. The lowest BCUT2D eigenvalue weighted by Crippen LogP contribution is -2.32. The lowest BCUT2D eigenvalue weighted by molar-refractivity contribution is 0.0728. The summed E-state index contributed by atoms with van der Waals surface area (Å²) in [6.07, 6.45) is 1.34. The van der Waals surface area contributed by atoms with Crippen LogP contribution >= 0.6 is 11.6 Å². The highest BCUT2D eigenvalue weighted by atomic mass is 35.5. The number of carbonyl (C=O) groups excluding carboxylic acids is 1. The third kappa shape index (κ3) is 3.41. The van der Waals surface area contributed by atoms with Crippen molar-refractivity contribution in [1.82, 2.24) is 9.88 Å². The van der Waals surface area contributed by atoms with E-state index in [0.717, 1.165) is 28.3 Å². The minimum atomic E-state index is -0.371. The monoisotopic (exact) mass is 393 g/mol. The van der Waals surface area contributed by atoms with Gasteiger partial charge in [0.1, 0.15) is 11.9 Å². The number of hydrogen-bond acceptors (Lipinski definition) is 4. The zero-order chi connectivity index (χ0) is 19.7. The molecular weight excluding hydrogens is 374 g/mol. The second-order valence-corrected chi connectivity index (χ2v) is 7.14. The number of amides is 1. The molecule has 4 rings (SSSR count). The quantitative estimate of drug-likeness (QED) is 0.675. The first-order valence-electron chi connectivity index (χ1n) is 8.98. The topological polar surface area (TPSA) is 54.5 Å². The van der Waals surface area contributed by atoms with Crippen LogP contribution in [0, 0.1) is 6.92 Å². The SMILES string of the molecule is COc1ccc(CN2C(=O)c3cccnc3C2Nc2ccc(C)c(Cl)c2)cc1. The second kappa shape index (κ2) is 7.52. The van der Waals surface area contributed by atoms with Crippen molar-refractivity contribution in [1.29, 1.82) is 0 Å². The van der Waals surface area contributed by atoms with Gasteiger partial charge < -0.3 is 15.0 Å². The van der Waals surface area contributed by atoms with E-state index >= 15 is 0 Å². The number of fused-ring (bicyclic) bond motifs is 1. The summed E-state index contributed by atoms with van der Waals surface area (Å²) < 4.78 is 5.22. The van der Waals surface area contributed by atoms with Crippen molar-refractivity contribution in [3.63, 3.8) is 0 Å². The summed E-state index contributed by atoms with van der Waals surface area (Å²) in [5.41, 5.74) is 4.19. The second-order valence-electron chi connectivity index (χ2n) is 6.73. The number of nitrogens with zero attached hydrogens (tertiary/aromatic N) is 2. The molecule has 2 heterocycles. The van der Waals surface area contributed by atoms with Crippen LogP contribution in [-0.4, -0.2) is 22.9 Å². The zero-order valence-corrected chi connectivity index (χ0v) is 16.4. The van der Waals surface area contributed by atoms with Gasteiger partial charge in [-0.25, -0.2) is 0 Å². The molecule has 1 aromatic heterocycles. The van der Waals surface area contributed by atoms with Crippen LogP contribution in [0.2, 0.25) is 5.02 Å². The first-order valence-corrected chi connectivity index (χ1v) is 9.36. The molecule has 142 valence electrons. The Bertz CT molecular complexity index is 1020. The first-order chi connectivity index (χ1) is 13.6. The average molecular weight is 394 g/mol. The van der Waals surface area contributed by atoms with Crippen LogP contribution in [0.4, 0.5) is 5.69 Å². The normalized spacial score (nSPS) is 15.5. The summed E-state index contributed by atoms with van der Waals surface area (Å²) in [5, 5.41) is 4.10. The van der Waals surface area contributed by atoms with Crippen LogP contribution in [-0.2, 0) is 6.54 Å². The van der Waals surface area contributed by atoms with Crippen molar-refractivity contribution < 1.29 is 9.53 Å². The number of aromatic nitrogens is 1. The van der Waals surface area contributed by atoms with Gasteiger partial charge in [0.2, 0.25) is 0 Å². The van der Waals surface area contributed by atoms with Gasteiger partial charge in [-0.1, -0.05) is 29.8 Å². The molecule has 1 atom stereocenters. The van der Waals surface area contributed by atoms with Crippen molar-refractivity contribution >= 4 is 23.2 Å². The molecule has 1 aliphatic rings. The van der Waals surface area contributed by atoms with Gasteiger partial charge in [0.25, 0.3) is 5.91 Å². The average Bonchev–Trinajstić information content (AvgIpc) is 2.97. The summed E-state index contributed by atoms with van der Waals surface area (Å²) in [6, 6.07) is 17.1. The van der Waals surface area contributed by atoms with Crippen LogP contribution in [0.1, 0.15) is 33.3 Å². The summed E-state index contributed by atoms with van der Waals surface area (Å²) in [4.78, 5) is 19.3. The summed E-state index contributed by atoms with van der Waals surface area (Å²) >= 11 is 6.27. The highest BCUT2D eigenvalue weighted by Gasteiger charge is 2.37. The third-order valence-corrected chi connectivity index (χ3v) is 5.29. The molecule has 2 aromatic carbocycles. The van der Waals surface area contributed by atoms with Crippen LogP contribution in [0.5, 0.6) is 5.75 Å². The predicted molar refractivity (Wildman–Crippen MR) is 110 cm³/mol. The largest absolute Gasteiger partial charge is 0.497 e. The maximum absolute atomic E-state index is 13.0. The molecule has 1 unspecified atom stereocenters. The molecule has 0 radical (unpaired) electrons. The molecule has 1 aliphatic heterocycles. The fourth-order valence-corrected chi connectivity index (χ4v) is 3.49. The fraction of sp³-hybridized carbons (Fsp3) is 0.182. The standard InChI is InChI=1S/C22H20ClN3O2/c1-14-5-8-16(12-19(14)23)25-21-20-18(4-3-11-24-20)22(27)26(21)13-15-6-9-17(28-2)10-7-15/h3-12,21,25H,13H2,1-2H3. The van der Waals surface area contributed by atoms with Crippen molar-refractivity contribution in [3.8, 4) is 5.75 Å². The summed E-state index contributed by atoms with van der Waals surface area (Å²) in [5.74, 6) is 0.736. The Morgan fingerprint density at radius 1 is 1.18 bits per heavy atom. The maximum Gasteiger partial charge on any atom is 0.258 e. The Labute approximate surface area is 168 Å². The van der Waals surface area contributed by atoms with E-state index in [9.17, 15) is 4.79 Å². The Morgan fingerprint density at radius 2 is 1.96 bits per heavy atom. The number of rotatable bonds is 5. The van der Waals surface area contributed by atoms with Gasteiger partial charge >= 0.3 is 0 Å². The molecule has 1 amide bonds. The van der Waals surface area contributed by atoms with Gasteiger partial charge in [-0.2, -0.15) is 0 Å². The third-order valence-electron chi connectivity index (χ3n) is 4.89. The van der Waals surface area contributed by atoms with Gasteiger partial charge in [0.05, 0.1) is 18.4 Å². The van der Waals surface area contributed by atoms with Crippen molar-refractivity contribution in [2.24, 2.45) is 0 Å². The number of aryl methyl sites for hydroxylation is 1. The van der Waals surface area contributed by atoms with E-state index in [1.807, 2.05) is 55.5 Å². The van der Waals surface area contributed by atoms with Gasteiger partial charge in [0, 0.05) is 23.5 Å². The molecule has 1 N–H and O–H groups in total. The highest BCUT2D eigenvalue weighted by molar-refractivity contribution is 6.31. The van der Waals surface area contributed by atoms with E-state index in [-0.39, 0.29) is 12.1 Å². The molecule has 0 bridgehead atoms.